The molecule has 1 N–H and O–H groups in total. The molecule has 8 heteroatoms. The first-order valence-corrected chi connectivity index (χ1v) is 7.50. The van der Waals surface area contributed by atoms with Crippen molar-refractivity contribution in [2.24, 2.45) is 5.92 Å². The number of likely N-dealkylation sites (N-methyl/N-ethyl adjacent to an activating group) is 1. The molecule has 1 aromatic rings. The van der Waals surface area contributed by atoms with Crippen LogP contribution in [0.4, 0.5) is 0 Å². The van der Waals surface area contributed by atoms with Crippen LogP contribution in [0.3, 0.4) is 0 Å². The summed E-state index contributed by atoms with van der Waals surface area (Å²) in [5.41, 5.74) is 0.845. The molecule has 8 nitrogen and oxygen atoms in total. The predicted molar refractivity (Wildman–Crippen MR) is 79.9 cm³/mol. The standard InChI is InChI=1S/C15H21N3O5/c1-9-13(10(2)23-16-9)14(20)17(3)8-12(19)18-6-4-5-11(7-18)15(21)22/h11H,4-8H2,1-3H3,(H,21,22). The Bertz CT molecular complexity index is 605. The van der Waals surface area contributed by atoms with Gasteiger partial charge in [0.1, 0.15) is 11.3 Å². The van der Waals surface area contributed by atoms with Crippen LogP contribution in [0.25, 0.3) is 0 Å². The summed E-state index contributed by atoms with van der Waals surface area (Å²) in [4.78, 5) is 38.6. The fourth-order valence-electron chi connectivity index (χ4n) is 2.76. The molecular formula is C15H21N3O5. The van der Waals surface area contributed by atoms with Gasteiger partial charge in [0.25, 0.3) is 5.91 Å². The zero-order valence-corrected chi connectivity index (χ0v) is 13.5. The van der Waals surface area contributed by atoms with Crippen LogP contribution in [0.2, 0.25) is 0 Å². The minimum Gasteiger partial charge on any atom is -0.481 e. The number of carboxylic acid groups (broad SMARTS) is 1. The van der Waals surface area contributed by atoms with Crippen LogP contribution >= 0.6 is 0 Å². The molecular weight excluding hydrogens is 302 g/mol. The van der Waals surface area contributed by atoms with Crippen molar-refractivity contribution >= 4 is 17.8 Å². The Balaban J connectivity index is 1.99. The number of hydrogen-bond acceptors (Lipinski definition) is 5. The summed E-state index contributed by atoms with van der Waals surface area (Å²) >= 11 is 0. The van der Waals surface area contributed by atoms with Crippen molar-refractivity contribution < 1.29 is 24.0 Å². The van der Waals surface area contributed by atoms with Crippen LogP contribution in [-0.2, 0) is 9.59 Å². The molecule has 1 atom stereocenters. The zero-order chi connectivity index (χ0) is 17.1. The number of rotatable bonds is 4. The molecule has 1 saturated heterocycles. The number of hydrogen-bond donors (Lipinski definition) is 1. The van der Waals surface area contributed by atoms with E-state index >= 15 is 0 Å². The van der Waals surface area contributed by atoms with Gasteiger partial charge in [-0.3, -0.25) is 14.4 Å². The van der Waals surface area contributed by atoms with E-state index < -0.39 is 11.9 Å². The van der Waals surface area contributed by atoms with Crippen molar-refractivity contribution in [3.8, 4) is 0 Å². The van der Waals surface area contributed by atoms with E-state index in [-0.39, 0.29) is 24.9 Å². The van der Waals surface area contributed by atoms with E-state index in [9.17, 15) is 14.4 Å². The molecule has 2 heterocycles. The Morgan fingerprint density at radius 1 is 1.39 bits per heavy atom. The van der Waals surface area contributed by atoms with Crippen molar-refractivity contribution in [2.75, 3.05) is 26.7 Å². The first-order valence-electron chi connectivity index (χ1n) is 7.50. The van der Waals surface area contributed by atoms with Crippen LogP contribution in [0.15, 0.2) is 4.52 Å². The van der Waals surface area contributed by atoms with Crippen LogP contribution in [0, 0.1) is 19.8 Å². The van der Waals surface area contributed by atoms with E-state index in [1.54, 1.807) is 13.8 Å². The maximum absolute atomic E-state index is 12.4. The van der Waals surface area contributed by atoms with Crippen molar-refractivity contribution in [1.29, 1.82) is 0 Å². The van der Waals surface area contributed by atoms with Gasteiger partial charge in [-0.05, 0) is 26.7 Å². The highest BCUT2D eigenvalue weighted by Gasteiger charge is 2.30. The Morgan fingerprint density at radius 2 is 2.09 bits per heavy atom. The minimum absolute atomic E-state index is 0.102. The largest absolute Gasteiger partial charge is 0.481 e. The fraction of sp³-hybridized carbons (Fsp3) is 0.600. The summed E-state index contributed by atoms with van der Waals surface area (Å²) in [6.45, 7) is 3.93. The normalized spacial score (nSPS) is 17.9. The number of aryl methyl sites for hydroxylation is 2. The highest BCUT2D eigenvalue weighted by atomic mass is 16.5. The second kappa shape index (κ2) is 6.80. The molecule has 2 rings (SSSR count). The average Bonchev–Trinajstić information content (AvgIpc) is 2.85. The van der Waals surface area contributed by atoms with Crippen LogP contribution in [0.1, 0.15) is 34.7 Å². The molecule has 1 unspecified atom stereocenters. The van der Waals surface area contributed by atoms with Crippen molar-refractivity contribution in [2.45, 2.75) is 26.7 Å². The SMILES string of the molecule is Cc1noc(C)c1C(=O)N(C)CC(=O)N1CCCC(C(=O)O)C1. The van der Waals surface area contributed by atoms with Gasteiger partial charge >= 0.3 is 5.97 Å². The lowest BCUT2D eigenvalue weighted by atomic mass is 9.98. The molecule has 23 heavy (non-hydrogen) atoms. The third-order valence-electron chi connectivity index (χ3n) is 4.09. The molecule has 0 radical (unpaired) electrons. The van der Waals surface area contributed by atoms with Crippen LogP contribution in [-0.4, -0.2) is 64.5 Å². The summed E-state index contributed by atoms with van der Waals surface area (Å²) in [6.07, 6.45) is 1.23. The van der Waals surface area contributed by atoms with E-state index in [2.05, 4.69) is 5.16 Å². The second-order valence-electron chi connectivity index (χ2n) is 5.88. The number of carbonyl (C=O) groups is 3. The van der Waals surface area contributed by atoms with E-state index in [0.29, 0.717) is 36.4 Å². The minimum atomic E-state index is -0.886. The highest BCUT2D eigenvalue weighted by molar-refractivity contribution is 5.98. The summed E-state index contributed by atoms with van der Waals surface area (Å²) in [7, 11) is 1.53. The first-order chi connectivity index (χ1) is 10.8. The molecule has 1 aromatic heterocycles. The Morgan fingerprint density at radius 3 is 2.65 bits per heavy atom. The summed E-state index contributed by atoms with van der Waals surface area (Å²) in [5, 5.41) is 12.8. The number of aliphatic carboxylic acids is 1. The molecule has 1 fully saturated rings. The molecule has 1 aliphatic rings. The summed E-state index contributed by atoms with van der Waals surface area (Å²) in [5.74, 6) is -1.59. The number of likely N-dealkylation sites (tertiary alicyclic amines) is 1. The first kappa shape index (κ1) is 17.0. The van der Waals surface area contributed by atoms with Crippen LogP contribution in [0.5, 0.6) is 0 Å². The third kappa shape index (κ3) is 3.69. The van der Waals surface area contributed by atoms with Gasteiger partial charge in [0, 0.05) is 20.1 Å². The van der Waals surface area contributed by atoms with E-state index in [4.69, 9.17) is 9.63 Å². The number of nitrogens with zero attached hydrogens (tertiary/aromatic N) is 3. The zero-order valence-electron chi connectivity index (χ0n) is 13.5. The van der Waals surface area contributed by atoms with Gasteiger partial charge in [0.2, 0.25) is 5.91 Å². The van der Waals surface area contributed by atoms with Gasteiger partial charge in [-0.25, -0.2) is 0 Å². The third-order valence-corrected chi connectivity index (χ3v) is 4.09. The Labute approximate surface area is 134 Å². The maximum Gasteiger partial charge on any atom is 0.308 e. The summed E-state index contributed by atoms with van der Waals surface area (Å²) in [6, 6.07) is 0. The topological polar surface area (TPSA) is 104 Å². The van der Waals surface area contributed by atoms with Gasteiger partial charge in [-0.2, -0.15) is 0 Å². The lowest BCUT2D eigenvalue weighted by Crippen LogP contribution is -2.47. The molecule has 0 aromatic carbocycles. The molecule has 0 bridgehead atoms. The maximum atomic E-state index is 12.4. The van der Waals surface area contributed by atoms with E-state index in [1.165, 1.54) is 16.8 Å². The molecule has 0 aliphatic carbocycles. The average molecular weight is 323 g/mol. The number of aromatic nitrogens is 1. The fourth-order valence-corrected chi connectivity index (χ4v) is 2.76. The highest BCUT2D eigenvalue weighted by Crippen LogP contribution is 2.18. The predicted octanol–water partition coefficient (Wildman–Crippen LogP) is 0.687. The van der Waals surface area contributed by atoms with E-state index in [1.807, 2.05) is 0 Å². The lowest BCUT2D eigenvalue weighted by Gasteiger charge is -2.32. The van der Waals surface area contributed by atoms with Crippen molar-refractivity contribution in [3.63, 3.8) is 0 Å². The smallest absolute Gasteiger partial charge is 0.308 e. The number of amides is 2. The monoisotopic (exact) mass is 323 g/mol. The van der Waals surface area contributed by atoms with Gasteiger partial charge in [-0.15, -0.1) is 0 Å². The number of carboxylic acids is 1. The van der Waals surface area contributed by atoms with Crippen molar-refractivity contribution in [3.05, 3.63) is 17.0 Å². The van der Waals surface area contributed by atoms with Gasteiger partial charge < -0.3 is 19.4 Å². The molecule has 0 spiro atoms. The lowest BCUT2D eigenvalue weighted by molar-refractivity contribution is -0.145. The molecule has 126 valence electrons. The second-order valence-corrected chi connectivity index (χ2v) is 5.88. The quantitative estimate of drug-likeness (QED) is 0.874. The van der Waals surface area contributed by atoms with Crippen molar-refractivity contribution in [1.82, 2.24) is 15.0 Å². The number of piperidine rings is 1. The number of carbonyl (C=O) groups excluding carboxylic acids is 2. The van der Waals surface area contributed by atoms with Crippen LogP contribution < -0.4 is 0 Å². The Kier molecular flexibility index (Phi) is 5.02. The molecule has 1 aliphatic heterocycles. The molecule has 2 amide bonds. The van der Waals surface area contributed by atoms with Gasteiger partial charge in [0.05, 0.1) is 18.2 Å². The summed E-state index contributed by atoms with van der Waals surface area (Å²) < 4.78 is 4.97. The molecule has 0 saturated carbocycles. The Hall–Kier alpha value is -2.38. The van der Waals surface area contributed by atoms with Gasteiger partial charge in [-0.1, -0.05) is 5.16 Å². The van der Waals surface area contributed by atoms with E-state index in [0.717, 1.165) is 0 Å². The van der Waals surface area contributed by atoms with Gasteiger partial charge in [0.15, 0.2) is 0 Å².